The average Bonchev–Trinajstić information content (AvgIpc) is 3.40. The summed E-state index contributed by atoms with van der Waals surface area (Å²) < 4.78 is 70.2. The minimum atomic E-state index is -9.76. The predicted molar refractivity (Wildman–Crippen MR) is 154 cm³/mol. The number of carbonyl (C=O) groups is 2. The zero-order valence-electron chi connectivity index (χ0n) is 24.0. The standard InChI is InChI=1S/C21H27F5N4OS.C7H10N2O2/c1-30(18-7-9-19(10-8-18)32(22,23,24,25)26)20(16-5-4-12-27-15-16)21(31)29-14-11-17-6-2-3-13-28-17;1-11-7-2-6(4-10)9(3-7)5-8/h4-5,7-10,12,15,17,20,28H,2-3,6,11,13-14H2,1H3,(H,29,31);4,6-7H,2-3H2,1H3. The van der Waals surface area contributed by atoms with Crippen LogP contribution in [0.3, 0.4) is 0 Å². The lowest BCUT2D eigenvalue weighted by atomic mass is 10.0. The monoisotopic (exact) mass is 632 g/mol. The number of nitriles is 1. The lowest BCUT2D eigenvalue weighted by Gasteiger charge is -2.40. The molecule has 2 aliphatic rings. The molecule has 238 valence electrons. The fourth-order valence-corrected chi connectivity index (χ4v) is 5.70. The molecule has 2 fully saturated rings. The van der Waals surface area contributed by atoms with Gasteiger partial charge in [-0.2, -0.15) is 5.26 Å². The highest BCUT2D eigenvalue weighted by atomic mass is 32.5. The molecule has 0 spiro atoms. The maximum absolute atomic E-state index is 13.0. The Morgan fingerprint density at radius 3 is 2.49 bits per heavy atom. The number of ether oxygens (including phenoxy) is 1. The number of hydrogen-bond acceptors (Lipinski definition) is 8. The van der Waals surface area contributed by atoms with Gasteiger partial charge >= 0.3 is 10.2 Å². The lowest BCUT2D eigenvalue weighted by molar-refractivity contribution is -0.122. The largest absolute Gasteiger partial charge is 0.379 e. The molecule has 3 heterocycles. The van der Waals surface area contributed by atoms with Crippen LogP contribution in [0.5, 0.6) is 0 Å². The summed E-state index contributed by atoms with van der Waals surface area (Å²) in [6, 6.07) is 5.07. The number of amides is 1. The van der Waals surface area contributed by atoms with Crippen LogP contribution in [0.4, 0.5) is 25.1 Å². The van der Waals surface area contributed by atoms with Crippen molar-refractivity contribution in [1.29, 1.82) is 5.26 Å². The maximum atomic E-state index is 13.0. The van der Waals surface area contributed by atoms with Crippen LogP contribution in [-0.2, 0) is 14.3 Å². The van der Waals surface area contributed by atoms with E-state index in [4.69, 9.17) is 10.00 Å². The predicted octanol–water partition coefficient (Wildman–Crippen LogP) is 5.32. The molecule has 0 saturated carbocycles. The summed E-state index contributed by atoms with van der Waals surface area (Å²) >= 11 is 0. The van der Waals surface area contributed by atoms with Crippen molar-refractivity contribution in [3.05, 3.63) is 54.4 Å². The summed E-state index contributed by atoms with van der Waals surface area (Å²) in [5, 5.41) is 14.8. The van der Waals surface area contributed by atoms with Crippen LogP contribution < -0.4 is 15.5 Å². The number of halogens is 5. The van der Waals surface area contributed by atoms with E-state index in [1.54, 1.807) is 19.2 Å². The van der Waals surface area contributed by atoms with Gasteiger partial charge in [0.2, 0.25) is 5.91 Å². The third-order valence-corrected chi connectivity index (χ3v) is 8.62. The third kappa shape index (κ3) is 9.77. The lowest BCUT2D eigenvalue weighted by Crippen LogP contribution is -2.42. The van der Waals surface area contributed by atoms with Crippen LogP contribution in [-0.4, -0.2) is 74.1 Å². The molecule has 15 heteroatoms. The van der Waals surface area contributed by atoms with Crippen molar-refractivity contribution in [2.45, 2.75) is 61.2 Å². The van der Waals surface area contributed by atoms with Gasteiger partial charge in [-0.05, 0) is 56.1 Å². The topological polar surface area (TPSA) is 111 Å². The molecule has 43 heavy (non-hydrogen) atoms. The van der Waals surface area contributed by atoms with Crippen molar-refractivity contribution in [3.63, 3.8) is 0 Å². The molecular formula is C28H37F5N6O3S. The summed E-state index contributed by atoms with van der Waals surface area (Å²) in [5.41, 5.74) is 0.716. The van der Waals surface area contributed by atoms with E-state index in [1.165, 1.54) is 29.2 Å². The van der Waals surface area contributed by atoms with Gasteiger partial charge in [0.25, 0.3) is 0 Å². The molecular weight excluding hydrogens is 595 g/mol. The Morgan fingerprint density at radius 2 is 1.98 bits per heavy atom. The van der Waals surface area contributed by atoms with Gasteiger partial charge in [-0.15, -0.1) is 0 Å². The Labute approximate surface area is 248 Å². The fourth-order valence-electron chi connectivity index (χ4n) is 5.05. The molecule has 0 aliphatic carbocycles. The van der Waals surface area contributed by atoms with Crippen LogP contribution >= 0.6 is 10.2 Å². The maximum Gasteiger partial charge on any atom is 0.310 e. The Kier molecular flexibility index (Phi) is 10.6. The van der Waals surface area contributed by atoms with Crippen molar-refractivity contribution < 1.29 is 33.8 Å². The number of methoxy groups -OCH3 is 1. The molecule has 2 aromatic rings. The first kappa shape index (κ1) is 34.0. The molecule has 4 unspecified atom stereocenters. The molecule has 0 bridgehead atoms. The van der Waals surface area contributed by atoms with E-state index in [0.717, 1.165) is 50.6 Å². The number of anilines is 1. The number of likely N-dealkylation sites (N-methyl/N-ethyl adjacent to an activating group) is 1. The number of rotatable bonds is 10. The van der Waals surface area contributed by atoms with Crippen molar-refractivity contribution in [1.82, 2.24) is 20.5 Å². The van der Waals surface area contributed by atoms with Crippen LogP contribution in [0, 0.1) is 11.5 Å². The van der Waals surface area contributed by atoms with Crippen LogP contribution in [0.2, 0.25) is 0 Å². The van der Waals surface area contributed by atoms with Crippen molar-refractivity contribution in [2.75, 3.05) is 38.7 Å². The number of aromatic nitrogens is 1. The highest BCUT2D eigenvalue weighted by Crippen LogP contribution is 3.02. The van der Waals surface area contributed by atoms with E-state index in [2.05, 4.69) is 15.6 Å². The molecule has 9 nitrogen and oxygen atoms in total. The smallest absolute Gasteiger partial charge is 0.310 e. The summed E-state index contributed by atoms with van der Waals surface area (Å²) in [4.78, 5) is 28.4. The Hall–Kier alpha value is -3.48. The quantitative estimate of drug-likeness (QED) is 0.206. The number of carbonyl (C=O) groups excluding carboxylic acids is 2. The third-order valence-electron chi connectivity index (χ3n) is 7.45. The number of piperidine rings is 1. The van der Waals surface area contributed by atoms with Gasteiger partial charge in [-0.3, -0.25) is 14.7 Å². The van der Waals surface area contributed by atoms with E-state index in [9.17, 15) is 29.0 Å². The highest BCUT2D eigenvalue weighted by Gasteiger charge is 2.65. The first-order valence-corrected chi connectivity index (χ1v) is 15.7. The Bertz CT molecular complexity index is 1260. The fraction of sp³-hybridized carbons (Fsp3) is 0.500. The van der Waals surface area contributed by atoms with Gasteiger partial charge in [0.15, 0.2) is 6.19 Å². The second-order valence-corrected chi connectivity index (χ2v) is 12.9. The van der Waals surface area contributed by atoms with E-state index in [0.29, 0.717) is 43.2 Å². The first-order valence-electron chi connectivity index (χ1n) is 13.8. The molecule has 2 aliphatic heterocycles. The van der Waals surface area contributed by atoms with E-state index in [-0.39, 0.29) is 23.7 Å². The number of likely N-dealkylation sites (tertiary alicyclic amines) is 1. The molecule has 1 amide bonds. The van der Waals surface area contributed by atoms with Crippen molar-refractivity contribution >= 4 is 28.1 Å². The second-order valence-electron chi connectivity index (χ2n) is 10.5. The SMILES string of the molecule is CN(c1ccc(S(F)(F)(F)(F)F)cc1)C(C(=O)NCCC1CCCCN1)c1cccnc1.COC1CC(C=O)N(C#N)C1. The van der Waals surface area contributed by atoms with Gasteiger partial charge in [-0.25, -0.2) is 0 Å². The van der Waals surface area contributed by atoms with Gasteiger partial charge in [0, 0.05) is 56.8 Å². The zero-order valence-corrected chi connectivity index (χ0v) is 24.8. The Balaban J connectivity index is 0.000000386. The molecule has 1 aromatic carbocycles. The summed E-state index contributed by atoms with van der Waals surface area (Å²) in [6.45, 7) is 1.93. The van der Waals surface area contributed by atoms with Gasteiger partial charge < -0.3 is 25.1 Å². The Morgan fingerprint density at radius 1 is 1.26 bits per heavy atom. The molecule has 2 N–H and O–H groups in total. The molecule has 2 saturated heterocycles. The highest BCUT2D eigenvalue weighted by molar-refractivity contribution is 8.45. The minimum Gasteiger partial charge on any atom is -0.379 e. The van der Waals surface area contributed by atoms with Gasteiger partial charge in [0.05, 0.1) is 18.7 Å². The number of benzene rings is 1. The van der Waals surface area contributed by atoms with E-state index < -0.39 is 21.2 Å². The van der Waals surface area contributed by atoms with Crippen LogP contribution in [0.1, 0.15) is 43.7 Å². The number of nitrogens with zero attached hydrogens (tertiary/aromatic N) is 4. The van der Waals surface area contributed by atoms with Crippen molar-refractivity contribution in [3.8, 4) is 6.19 Å². The molecule has 1 aromatic heterocycles. The summed E-state index contributed by atoms with van der Waals surface area (Å²) in [5.74, 6) is -0.354. The minimum absolute atomic E-state index is 0.0323. The van der Waals surface area contributed by atoms with E-state index in [1.807, 2.05) is 6.19 Å². The summed E-state index contributed by atoms with van der Waals surface area (Å²) in [7, 11) is -6.65. The number of aldehydes is 1. The normalized spacial score (nSPS) is 22.6. The number of pyridine rings is 1. The van der Waals surface area contributed by atoms with Crippen LogP contribution in [0.15, 0.2) is 53.7 Å². The van der Waals surface area contributed by atoms with Gasteiger partial charge in [0.1, 0.15) is 17.2 Å². The average molecular weight is 633 g/mol. The second kappa shape index (κ2) is 13.4. The zero-order chi connectivity index (χ0) is 31.7. The van der Waals surface area contributed by atoms with Crippen molar-refractivity contribution in [2.24, 2.45) is 0 Å². The van der Waals surface area contributed by atoms with E-state index >= 15 is 0 Å². The number of nitrogens with one attached hydrogen (secondary N) is 2. The number of hydrogen-bond donors (Lipinski definition) is 2. The molecule has 4 atom stereocenters. The summed E-state index contributed by atoms with van der Waals surface area (Å²) in [6.07, 6.45) is 10.5. The van der Waals surface area contributed by atoms with Crippen LogP contribution in [0.25, 0.3) is 0 Å². The first-order chi connectivity index (χ1) is 20.2. The van der Waals surface area contributed by atoms with Gasteiger partial charge in [-0.1, -0.05) is 31.9 Å². The molecule has 4 rings (SSSR count). The molecule has 0 radical (unpaired) electrons.